The number of rotatable bonds is 3. The maximum absolute atomic E-state index is 13.8. The fourth-order valence-corrected chi connectivity index (χ4v) is 2.93. The van der Waals surface area contributed by atoms with Gasteiger partial charge in [-0.1, -0.05) is 22.0 Å². The van der Waals surface area contributed by atoms with E-state index >= 15 is 0 Å². The molecule has 2 aromatic rings. The molecule has 0 aliphatic carbocycles. The number of carbonyl (C=O) groups excluding carboxylic acids is 1. The number of ketones is 1. The number of benzene rings is 1. The number of hydrogen-bond acceptors (Lipinski definition) is 3. The van der Waals surface area contributed by atoms with E-state index in [1.165, 1.54) is 18.2 Å². The molecule has 0 bridgehead atoms. The molecule has 0 saturated heterocycles. The van der Waals surface area contributed by atoms with Gasteiger partial charge in [-0.25, -0.2) is 4.98 Å². The molecule has 5 nitrogen and oxygen atoms in total. The maximum atomic E-state index is 13.8. The van der Waals surface area contributed by atoms with Crippen molar-refractivity contribution >= 4 is 40.2 Å². The second kappa shape index (κ2) is 5.21. The number of hydrogen-bond donors (Lipinski definition) is 2. The van der Waals surface area contributed by atoms with Crippen LogP contribution in [-0.4, -0.2) is 20.6 Å². The first kappa shape index (κ1) is 16.2. The third-order valence-corrected chi connectivity index (χ3v) is 4.35. The summed E-state index contributed by atoms with van der Waals surface area (Å²) >= 11 is 2.85. The molecule has 2 radical (unpaired) electrons. The topological polar surface area (TPSA) is 87.5 Å². The Bertz CT molecular complexity index is 790. The number of halogens is 3. The van der Waals surface area contributed by atoms with E-state index in [1.807, 2.05) is 0 Å². The van der Waals surface area contributed by atoms with E-state index in [0.717, 1.165) is 6.07 Å². The highest BCUT2D eigenvalue weighted by Crippen LogP contribution is 2.60. The van der Waals surface area contributed by atoms with Gasteiger partial charge in [0.15, 0.2) is 5.78 Å². The quantitative estimate of drug-likeness (QED) is 0.633. The van der Waals surface area contributed by atoms with Gasteiger partial charge in [-0.05, 0) is 18.2 Å². The van der Waals surface area contributed by atoms with Gasteiger partial charge in [0.25, 0.3) is 0 Å². The van der Waals surface area contributed by atoms with Crippen molar-refractivity contribution in [3.8, 4) is 0 Å². The van der Waals surface area contributed by atoms with Crippen LogP contribution in [-0.2, 0) is 10.2 Å². The second-order valence-electron chi connectivity index (χ2n) is 4.17. The third-order valence-electron chi connectivity index (χ3n) is 2.72. The molecule has 1 aromatic carbocycles. The number of nitrogens with zero attached hydrogens (tertiary/aromatic N) is 1. The van der Waals surface area contributed by atoms with Crippen molar-refractivity contribution in [2.45, 2.75) is 5.66 Å². The van der Waals surface area contributed by atoms with Gasteiger partial charge in [0.1, 0.15) is 5.69 Å². The van der Waals surface area contributed by atoms with Crippen LogP contribution in [0.2, 0.25) is 0 Å². The van der Waals surface area contributed by atoms with E-state index in [-0.39, 0.29) is 15.7 Å². The van der Waals surface area contributed by atoms with E-state index < -0.39 is 24.6 Å². The average molecular weight is 378 g/mol. The summed E-state index contributed by atoms with van der Waals surface area (Å²) in [5.74, 6) is -0.844. The van der Waals surface area contributed by atoms with Crippen LogP contribution in [0.15, 0.2) is 28.7 Å². The predicted molar refractivity (Wildman–Crippen MR) is 74.0 cm³/mol. The normalized spacial score (nSPS) is 12.7. The molecule has 110 valence electrons. The van der Waals surface area contributed by atoms with E-state index in [9.17, 15) is 18.1 Å². The summed E-state index contributed by atoms with van der Waals surface area (Å²) in [6.07, 6.45) is 0. The highest BCUT2D eigenvalue weighted by Gasteiger charge is 2.51. The standard InChI is InChI=1S/C12H7BrF2NO4P/c1-6(17)10-3-2-7-4-9(13)8(5-11(7)16-10)12(14,15)21(18,19)20/h1-5H,(H2,18,19,20). The van der Waals surface area contributed by atoms with Gasteiger partial charge in [0, 0.05) is 22.3 Å². The van der Waals surface area contributed by atoms with Crippen LogP contribution in [0.5, 0.6) is 0 Å². The van der Waals surface area contributed by atoms with Crippen LogP contribution in [0.4, 0.5) is 8.78 Å². The summed E-state index contributed by atoms with van der Waals surface area (Å²) in [6.45, 7) is 5.04. The molecule has 2 N–H and O–H groups in total. The minimum atomic E-state index is -5.71. The van der Waals surface area contributed by atoms with Gasteiger partial charge in [-0.3, -0.25) is 9.36 Å². The van der Waals surface area contributed by atoms with Gasteiger partial charge in [-0.15, -0.1) is 0 Å². The van der Waals surface area contributed by atoms with Gasteiger partial charge in [-0.2, -0.15) is 8.78 Å². The van der Waals surface area contributed by atoms with E-state index in [0.29, 0.717) is 5.39 Å². The molecule has 0 saturated carbocycles. The molecule has 0 fully saturated rings. The van der Waals surface area contributed by atoms with E-state index in [2.05, 4.69) is 20.9 Å². The predicted octanol–water partition coefficient (Wildman–Crippen LogP) is 3.12. The Morgan fingerprint density at radius 1 is 1.33 bits per heavy atom. The highest BCUT2D eigenvalue weighted by atomic mass is 79.9. The van der Waals surface area contributed by atoms with Crippen molar-refractivity contribution in [2.75, 3.05) is 0 Å². The lowest BCUT2D eigenvalue weighted by Crippen LogP contribution is -2.14. The van der Waals surface area contributed by atoms with Crippen LogP contribution in [0.1, 0.15) is 16.1 Å². The first-order valence-electron chi connectivity index (χ1n) is 5.38. The van der Waals surface area contributed by atoms with Crippen molar-refractivity contribution in [3.63, 3.8) is 0 Å². The number of Topliss-reactive ketones (excluding diaryl/α,β-unsaturated/α-hetero) is 1. The Balaban J connectivity index is 2.74. The Hall–Kier alpha value is -1.21. The van der Waals surface area contributed by atoms with Crippen LogP contribution >= 0.6 is 23.5 Å². The molecular weight excluding hydrogens is 371 g/mol. The number of pyridine rings is 1. The number of alkyl halides is 2. The SMILES string of the molecule is [CH]C(=O)c1ccc2cc(Br)c(C(F)(F)P(=O)(O)O)cc2n1. The molecule has 1 aromatic heterocycles. The third kappa shape index (κ3) is 2.89. The molecule has 0 aliphatic heterocycles. The summed E-state index contributed by atoms with van der Waals surface area (Å²) in [7, 11) is -5.71. The molecule has 1 heterocycles. The van der Waals surface area contributed by atoms with E-state index in [4.69, 9.17) is 16.7 Å². The molecule has 21 heavy (non-hydrogen) atoms. The molecular formula is C12H7BrF2NO4P. The van der Waals surface area contributed by atoms with Crippen molar-refractivity contribution in [1.29, 1.82) is 0 Å². The van der Waals surface area contributed by atoms with E-state index in [1.54, 1.807) is 0 Å². The summed E-state index contributed by atoms with van der Waals surface area (Å²) < 4.78 is 38.4. The Morgan fingerprint density at radius 3 is 2.48 bits per heavy atom. The lowest BCUT2D eigenvalue weighted by Gasteiger charge is -2.19. The number of carbonyl (C=O) groups is 1. The van der Waals surface area contributed by atoms with Gasteiger partial charge >= 0.3 is 13.3 Å². The average Bonchev–Trinajstić information content (AvgIpc) is 2.35. The lowest BCUT2D eigenvalue weighted by molar-refractivity contribution is 0.0558. The minimum Gasteiger partial charge on any atom is -0.320 e. The van der Waals surface area contributed by atoms with Crippen LogP contribution in [0, 0.1) is 6.92 Å². The van der Waals surface area contributed by atoms with Gasteiger partial charge in [0.2, 0.25) is 0 Å². The smallest absolute Gasteiger partial charge is 0.320 e. The molecule has 9 heteroatoms. The van der Waals surface area contributed by atoms with Crippen molar-refractivity contribution in [2.24, 2.45) is 0 Å². The summed E-state index contributed by atoms with van der Waals surface area (Å²) in [4.78, 5) is 32.4. The molecule has 0 atom stereocenters. The second-order valence-corrected chi connectivity index (χ2v) is 6.67. The monoisotopic (exact) mass is 377 g/mol. The van der Waals surface area contributed by atoms with Crippen LogP contribution in [0.25, 0.3) is 10.9 Å². The molecule has 0 amide bonds. The summed E-state index contributed by atoms with van der Waals surface area (Å²) in [5.41, 5.74) is -5.48. The Labute approximate surface area is 126 Å². The lowest BCUT2D eigenvalue weighted by atomic mass is 10.1. The largest absolute Gasteiger partial charge is 0.399 e. The fraction of sp³-hybridized carbons (Fsp3) is 0.0833. The first-order chi connectivity index (χ1) is 9.54. The fourth-order valence-electron chi connectivity index (χ4n) is 1.67. The first-order valence-corrected chi connectivity index (χ1v) is 7.78. The van der Waals surface area contributed by atoms with Crippen molar-refractivity contribution < 1.29 is 27.9 Å². The number of aromatic nitrogens is 1. The summed E-state index contributed by atoms with van der Waals surface area (Å²) in [5, 5.41) is 0.400. The number of fused-ring (bicyclic) bond motifs is 1. The van der Waals surface area contributed by atoms with Crippen LogP contribution in [0.3, 0.4) is 0 Å². The molecule has 0 aliphatic rings. The zero-order chi connectivity index (χ0) is 16.0. The Kier molecular flexibility index (Phi) is 4.01. The van der Waals surface area contributed by atoms with Gasteiger partial charge in [0.05, 0.1) is 5.52 Å². The maximum Gasteiger partial charge on any atom is 0.399 e. The molecule has 0 unspecified atom stereocenters. The molecule has 2 rings (SSSR count). The highest BCUT2D eigenvalue weighted by molar-refractivity contribution is 9.10. The van der Waals surface area contributed by atoms with Crippen LogP contribution < -0.4 is 0 Å². The zero-order valence-electron chi connectivity index (χ0n) is 10.1. The Morgan fingerprint density at radius 2 is 1.95 bits per heavy atom. The zero-order valence-corrected chi connectivity index (χ0v) is 12.6. The van der Waals surface area contributed by atoms with Gasteiger partial charge < -0.3 is 9.79 Å². The van der Waals surface area contributed by atoms with Crippen molar-refractivity contribution in [3.05, 3.63) is 46.9 Å². The summed E-state index contributed by atoms with van der Waals surface area (Å²) in [6, 6.07) is 4.79. The minimum absolute atomic E-state index is 0.0300. The van der Waals surface area contributed by atoms with Crippen molar-refractivity contribution in [1.82, 2.24) is 4.98 Å². The molecule has 0 spiro atoms.